The molecular weight excluding hydrogens is 336 g/mol. The lowest BCUT2D eigenvalue weighted by atomic mass is 10.2. The van der Waals surface area contributed by atoms with Crippen molar-refractivity contribution in [3.8, 4) is 0 Å². The molecule has 138 valence electrons. The third-order valence-corrected chi connectivity index (χ3v) is 5.03. The predicted molar refractivity (Wildman–Crippen MR) is 102 cm³/mol. The Morgan fingerprint density at radius 1 is 1.08 bits per heavy atom. The Bertz CT molecular complexity index is 567. The van der Waals surface area contributed by atoms with E-state index in [1.54, 1.807) is 16.7 Å². The number of thioether (sulfide) groups is 1. The Hall–Kier alpha value is -1.69. The van der Waals surface area contributed by atoms with Crippen LogP contribution >= 0.6 is 11.8 Å². The molecule has 6 heteroatoms. The summed E-state index contributed by atoms with van der Waals surface area (Å²) in [5, 5.41) is 0. The van der Waals surface area contributed by atoms with E-state index >= 15 is 0 Å². The SMILES string of the molecule is Cc1ccc(CSCC(=O)N2CCN(C(=O)OCC(C)C)CC2)cc1. The van der Waals surface area contributed by atoms with Gasteiger partial charge in [-0.1, -0.05) is 43.7 Å². The van der Waals surface area contributed by atoms with E-state index in [-0.39, 0.29) is 12.0 Å². The van der Waals surface area contributed by atoms with Crippen LogP contribution in [0.15, 0.2) is 24.3 Å². The zero-order valence-electron chi connectivity index (χ0n) is 15.4. The topological polar surface area (TPSA) is 49.9 Å². The maximum Gasteiger partial charge on any atom is 0.409 e. The summed E-state index contributed by atoms with van der Waals surface area (Å²) >= 11 is 1.64. The van der Waals surface area contributed by atoms with E-state index in [0.717, 1.165) is 5.75 Å². The molecule has 1 aliphatic heterocycles. The molecule has 1 fully saturated rings. The second kappa shape index (κ2) is 9.70. The molecular formula is C19H28N2O3S. The maximum absolute atomic E-state index is 12.3. The van der Waals surface area contributed by atoms with Crippen molar-refractivity contribution in [2.75, 3.05) is 38.5 Å². The van der Waals surface area contributed by atoms with Crippen LogP contribution in [0.5, 0.6) is 0 Å². The fourth-order valence-corrected chi connectivity index (χ4v) is 3.39. The lowest BCUT2D eigenvalue weighted by Crippen LogP contribution is -2.51. The van der Waals surface area contributed by atoms with Gasteiger partial charge in [0.25, 0.3) is 0 Å². The van der Waals surface area contributed by atoms with Gasteiger partial charge in [-0.3, -0.25) is 4.79 Å². The summed E-state index contributed by atoms with van der Waals surface area (Å²) in [6.45, 7) is 8.79. The summed E-state index contributed by atoms with van der Waals surface area (Å²) < 4.78 is 5.24. The third kappa shape index (κ3) is 6.61. The largest absolute Gasteiger partial charge is 0.449 e. The minimum absolute atomic E-state index is 0.146. The molecule has 1 aromatic carbocycles. The number of hydrogen-bond donors (Lipinski definition) is 0. The van der Waals surface area contributed by atoms with Crippen LogP contribution < -0.4 is 0 Å². The van der Waals surface area contributed by atoms with Crippen LogP contribution in [-0.4, -0.2) is 60.3 Å². The fraction of sp³-hybridized carbons (Fsp3) is 0.579. The van der Waals surface area contributed by atoms with Gasteiger partial charge >= 0.3 is 6.09 Å². The normalized spacial score (nSPS) is 14.7. The first kappa shape index (κ1) is 19.6. The minimum atomic E-state index is -0.269. The zero-order valence-corrected chi connectivity index (χ0v) is 16.2. The summed E-state index contributed by atoms with van der Waals surface area (Å²) in [4.78, 5) is 27.8. The summed E-state index contributed by atoms with van der Waals surface area (Å²) in [6.07, 6.45) is -0.269. The molecule has 0 N–H and O–H groups in total. The predicted octanol–water partition coefficient (Wildman–Crippen LogP) is 3.17. The molecule has 0 aromatic heterocycles. The molecule has 0 saturated carbocycles. The van der Waals surface area contributed by atoms with E-state index in [2.05, 4.69) is 31.2 Å². The van der Waals surface area contributed by atoms with Crippen molar-refractivity contribution in [3.63, 3.8) is 0 Å². The number of nitrogens with zero attached hydrogens (tertiary/aromatic N) is 2. The highest BCUT2D eigenvalue weighted by Crippen LogP contribution is 2.14. The van der Waals surface area contributed by atoms with Crippen LogP contribution in [0.3, 0.4) is 0 Å². The van der Waals surface area contributed by atoms with Gasteiger partial charge in [-0.2, -0.15) is 0 Å². The minimum Gasteiger partial charge on any atom is -0.449 e. The van der Waals surface area contributed by atoms with E-state index in [1.165, 1.54) is 11.1 Å². The van der Waals surface area contributed by atoms with Crippen molar-refractivity contribution in [1.82, 2.24) is 9.80 Å². The first-order chi connectivity index (χ1) is 12.0. The van der Waals surface area contributed by atoms with E-state index in [1.807, 2.05) is 18.7 Å². The first-order valence-corrected chi connectivity index (χ1v) is 9.94. The number of ether oxygens (including phenoxy) is 1. The standard InChI is InChI=1S/C19H28N2O3S/c1-15(2)12-24-19(23)21-10-8-20(9-11-21)18(22)14-25-13-17-6-4-16(3)5-7-17/h4-7,15H,8-14H2,1-3H3. The Morgan fingerprint density at radius 2 is 1.68 bits per heavy atom. The Morgan fingerprint density at radius 3 is 2.28 bits per heavy atom. The molecule has 25 heavy (non-hydrogen) atoms. The second-order valence-corrected chi connectivity index (χ2v) is 7.80. The lowest BCUT2D eigenvalue weighted by Gasteiger charge is -2.34. The van der Waals surface area contributed by atoms with Crippen LogP contribution in [-0.2, 0) is 15.3 Å². The molecule has 0 spiro atoms. The van der Waals surface area contributed by atoms with Gasteiger partial charge in [0.1, 0.15) is 0 Å². The molecule has 5 nitrogen and oxygen atoms in total. The second-order valence-electron chi connectivity index (χ2n) is 6.82. The van der Waals surface area contributed by atoms with E-state index in [0.29, 0.717) is 44.5 Å². The average molecular weight is 365 g/mol. The number of piperazine rings is 1. The molecule has 1 aromatic rings. The summed E-state index contributed by atoms with van der Waals surface area (Å²) in [6, 6.07) is 8.40. The van der Waals surface area contributed by atoms with Crippen LogP contribution in [0, 0.1) is 12.8 Å². The van der Waals surface area contributed by atoms with Crippen LogP contribution in [0.2, 0.25) is 0 Å². The van der Waals surface area contributed by atoms with Crippen molar-refractivity contribution < 1.29 is 14.3 Å². The summed E-state index contributed by atoms with van der Waals surface area (Å²) in [7, 11) is 0. The quantitative estimate of drug-likeness (QED) is 0.778. The molecule has 0 radical (unpaired) electrons. The highest BCUT2D eigenvalue weighted by atomic mass is 32.2. The molecule has 1 aliphatic rings. The number of benzene rings is 1. The van der Waals surface area contributed by atoms with Gasteiger partial charge in [0.2, 0.25) is 5.91 Å². The Labute approximate surface area is 154 Å². The smallest absolute Gasteiger partial charge is 0.409 e. The van der Waals surface area contributed by atoms with Gasteiger partial charge in [0, 0.05) is 31.9 Å². The average Bonchev–Trinajstić information content (AvgIpc) is 2.61. The van der Waals surface area contributed by atoms with E-state index < -0.39 is 0 Å². The molecule has 0 bridgehead atoms. The number of amides is 2. The molecule has 2 amide bonds. The van der Waals surface area contributed by atoms with Gasteiger partial charge in [0.05, 0.1) is 12.4 Å². The Kier molecular flexibility index (Phi) is 7.62. The van der Waals surface area contributed by atoms with E-state index in [4.69, 9.17) is 4.74 Å². The van der Waals surface area contributed by atoms with Crippen LogP contribution in [0.4, 0.5) is 4.79 Å². The third-order valence-electron chi connectivity index (χ3n) is 4.05. The van der Waals surface area contributed by atoms with Gasteiger partial charge in [0.15, 0.2) is 0 Å². The lowest BCUT2D eigenvalue weighted by molar-refractivity contribution is -0.129. The highest BCUT2D eigenvalue weighted by Gasteiger charge is 2.24. The summed E-state index contributed by atoms with van der Waals surface area (Å²) in [5.74, 6) is 1.80. The van der Waals surface area contributed by atoms with Crippen molar-refractivity contribution >= 4 is 23.8 Å². The monoisotopic (exact) mass is 364 g/mol. The highest BCUT2D eigenvalue weighted by molar-refractivity contribution is 7.99. The molecule has 0 atom stereocenters. The molecule has 0 unspecified atom stereocenters. The molecule has 1 heterocycles. The van der Waals surface area contributed by atoms with Gasteiger partial charge in [-0.05, 0) is 18.4 Å². The molecule has 1 saturated heterocycles. The van der Waals surface area contributed by atoms with Crippen molar-refractivity contribution in [2.45, 2.75) is 26.5 Å². The zero-order chi connectivity index (χ0) is 18.2. The first-order valence-electron chi connectivity index (χ1n) is 8.78. The maximum atomic E-state index is 12.3. The van der Waals surface area contributed by atoms with E-state index in [9.17, 15) is 9.59 Å². The van der Waals surface area contributed by atoms with Gasteiger partial charge < -0.3 is 14.5 Å². The van der Waals surface area contributed by atoms with Crippen molar-refractivity contribution in [1.29, 1.82) is 0 Å². The number of aryl methyl sites for hydroxylation is 1. The number of carbonyl (C=O) groups excluding carboxylic acids is 2. The van der Waals surface area contributed by atoms with Crippen molar-refractivity contribution in [3.05, 3.63) is 35.4 Å². The molecule has 0 aliphatic carbocycles. The number of carbonyl (C=O) groups is 2. The van der Waals surface area contributed by atoms with Gasteiger partial charge in [-0.25, -0.2) is 4.79 Å². The van der Waals surface area contributed by atoms with Crippen LogP contribution in [0.1, 0.15) is 25.0 Å². The van der Waals surface area contributed by atoms with Crippen molar-refractivity contribution in [2.24, 2.45) is 5.92 Å². The molecule has 2 rings (SSSR count). The van der Waals surface area contributed by atoms with Gasteiger partial charge in [-0.15, -0.1) is 11.8 Å². The number of hydrogen-bond acceptors (Lipinski definition) is 4. The number of rotatable bonds is 6. The van der Waals surface area contributed by atoms with Crippen LogP contribution in [0.25, 0.3) is 0 Å². The Balaban J connectivity index is 1.66. The summed E-state index contributed by atoms with van der Waals surface area (Å²) in [5.41, 5.74) is 2.48. The fourth-order valence-electron chi connectivity index (χ4n) is 2.50.